The molecule has 0 spiro atoms. The Balaban J connectivity index is 1.39. The minimum atomic E-state index is 0.659. The van der Waals surface area contributed by atoms with Gasteiger partial charge in [0.2, 0.25) is 0 Å². The highest BCUT2D eigenvalue weighted by atomic mass is 14.9. The summed E-state index contributed by atoms with van der Waals surface area (Å²) in [5.41, 5.74) is 12.8. The van der Waals surface area contributed by atoms with Gasteiger partial charge < -0.3 is 0 Å². The van der Waals surface area contributed by atoms with Crippen molar-refractivity contribution in [1.29, 1.82) is 0 Å². The molecule has 0 aliphatic rings. The van der Waals surface area contributed by atoms with Crippen molar-refractivity contribution in [2.75, 3.05) is 0 Å². The molecule has 2 heterocycles. The van der Waals surface area contributed by atoms with Crippen molar-refractivity contribution in [2.24, 2.45) is 4.99 Å². The van der Waals surface area contributed by atoms with Crippen LogP contribution in [0.5, 0.6) is 0 Å². The van der Waals surface area contributed by atoms with E-state index in [2.05, 4.69) is 120 Å². The Kier molecular flexibility index (Phi) is 8.70. The summed E-state index contributed by atoms with van der Waals surface area (Å²) < 4.78 is 0. The molecular formula is C44H32N4. The number of hydrogen-bond donors (Lipinski definition) is 0. The first-order valence-corrected chi connectivity index (χ1v) is 15.8. The fourth-order valence-electron chi connectivity index (χ4n) is 5.72. The molecule has 7 aromatic rings. The normalized spacial score (nSPS) is 11.2. The Morgan fingerprint density at radius 3 is 1.48 bits per heavy atom. The molecule has 0 aliphatic carbocycles. The Bertz CT molecular complexity index is 2160. The summed E-state index contributed by atoms with van der Waals surface area (Å²) in [6, 6.07) is 52.0. The average Bonchev–Trinajstić information content (AvgIpc) is 3.18. The van der Waals surface area contributed by atoms with Crippen molar-refractivity contribution in [3.63, 3.8) is 0 Å². The molecule has 228 valence electrons. The van der Waals surface area contributed by atoms with Crippen LogP contribution in [0.4, 0.5) is 0 Å². The summed E-state index contributed by atoms with van der Waals surface area (Å²) >= 11 is 0. The quantitative estimate of drug-likeness (QED) is 0.152. The van der Waals surface area contributed by atoms with E-state index in [0.717, 1.165) is 72.9 Å². The summed E-state index contributed by atoms with van der Waals surface area (Å²) in [5.74, 6) is 0.659. The zero-order valence-corrected chi connectivity index (χ0v) is 26.4. The van der Waals surface area contributed by atoms with Gasteiger partial charge in [-0.3, -0.25) is 9.98 Å². The van der Waals surface area contributed by atoms with E-state index in [-0.39, 0.29) is 0 Å². The van der Waals surface area contributed by atoms with Gasteiger partial charge in [-0.15, -0.1) is 0 Å². The zero-order chi connectivity index (χ0) is 32.7. The molecule has 4 heteroatoms. The van der Waals surface area contributed by atoms with Gasteiger partial charge in [0.05, 0.1) is 22.8 Å². The van der Waals surface area contributed by atoms with Crippen molar-refractivity contribution < 1.29 is 0 Å². The zero-order valence-electron chi connectivity index (χ0n) is 26.4. The number of rotatable bonds is 9. The second-order valence-corrected chi connectivity index (χ2v) is 11.3. The standard InChI is InChI=1S/C44H32N4/c1-3-40(45-4-2)35-22-18-31(19-23-35)37-27-38(32-20-24-36(25-21-32)41-17-11-12-26-46-41)29-39(28-37)44-47-42(33-13-7-5-8-14-33)30-43(48-44)34-15-9-6-10-16-34/h3-30H,1-2H2. The minimum absolute atomic E-state index is 0.659. The highest BCUT2D eigenvalue weighted by molar-refractivity contribution is 6.08. The maximum atomic E-state index is 5.14. The predicted octanol–water partition coefficient (Wildman–Crippen LogP) is 11.0. The molecule has 0 N–H and O–H groups in total. The molecule has 5 aromatic carbocycles. The van der Waals surface area contributed by atoms with E-state index < -0.39 is 0 Å². The van der Waals surface area contributed by atoms with Gasteiger partial charge in [-0.05, 0) is 64.7 Å². The van der Waals surface area contributed by atoms with Crippen LogP contribution in [0, 0.1) is 0 Å². The summed E-state index contributed by atoms with van der Waals surface area (Å²) in [6.45, 7) is 7.65. The Labute approximate surface area is 281 Å². The fourth-order valence-corrected chi connectivity index (χ4v) is 5.72. The van der Waals surface area contributed by atoms with Gasteiger partial charge in [0.15, 0.2) is 5.82 Å². The summed E-state index contributed by atoms with van der Waals surface area (Å²) in [6.07, 6.45) is 5.09. The maximum Gasteiger partial charge on any atom is 0.160 e. The third-order valence-corrected chi connectivity index (χ3v) is 8.17. The number of aliphatic imine (C=N–C) groups is 1. The van der Waals surface area contributed by atoms with Crippen LogP contribution < -0.4 is 0 Å². The molecule has 2 aromatic heterocycles. The van der Waals surface area contributed by atoms with Gasteiger partial charge in [-0.1, -0.05) is 128 Å². The molecule has 0 saturated carbocycles. The number of pyridine rings is 1. The third kappa shape index (κ3) is 6.55. The highest BCUT2D eigenvalue weighted by Crippen LogP contribution is 2.35. The lowest BCUT2D eigenvalue weighted by molar-refractivity contribution is 1.18. The molecule has 0 aliphatic heterocycles. The number of aromatic nitrogens is 3. The van der Waals surface area contributed by atoms with Crippen LogP contribution in [0.15, 0.2) is 188 Å². The number of benzene rings is 5. The van der Waals surface area contributed by atoms with Gasteiger partial charge in [-0.2, -0.15) is 0 Å². The Hall–Kier alpha value is -6.52. The third-order valence-electron chi connectivity index (χ3n) is 8.17. The molecule has 0 saturated heterocycles. The fraction of sp³-hybridized carbons (Fsp3) is 0. The van der Waals surface area contributed by atoms with Crippen molar-refractivity contribution in [2.45, 2.75) is 0 Å². The van der Waals surface area contributed by atoms with Gasteiger partial charge >= 0.3 is 0 Å². The average molecular weight is 617 g/mol. The van der Waals surface area contributed by atoms with Crippen LogP contribution in [0.2, 0.25) is 0 Å². The van der Waals surface area contributed by atoms with E-state index in [9.17, 15) is 0 Å². The predicted molar refractivity (Wildman–Crippen MR) is 199 cm³/mol. The van der Waals surface area contributed by atoms with Gasteiger partial charge in [0.25, 0.3) is 0 Å². The smallest absolute Gasteiger partial charge is 0.160 e. The molecule has 0 fully saturated rings. The van der Waals surface area contributed by atoms with Crippen LogP contribution in [0.1, 0.15) is 5.56 Å². The lowest BCUT2D eigenvalue weighted by Crippen LogP contribution is -1.97. The van der Waals surface area contributed by atoms with Gasteiger partial charge in [-0.25, -0.2) is 9.97 Å². The van der Waals surface area contributed by atoms with Crippen LogP contribution in [0.25, 0.3) is 67.4 Å². The van der Waals surface area contributed by atoms with Gasteiger partial charge in [0, 0.05) is 40.2 Å². The first kappa shape index (κ1) is 30.2. The molecule has 0 unspecified atom stereocenters. The SMILES string of the molecule is C=CN=C(C=C)c1ccc(-c2cc(-c3ccc(-c4ccccn4)cc3)cc(-c3nc(-c4ccccc4)cc(-c4ccccc4)n3)c2)cc1. The topological polar surface area (TPSA) is 51.0 Å². The molecule has 0 amide bonds. The Morgan fingerprint density at radius 2 is 0.958 bits per heavy atom. The van der Waals surface area contributed by atoms with E-state index >= 15 is 0 Å². The van der Waals surface area contributed by atoms with E-state index in [1.165, 1.54) is 6.20 Å². The number of nitrogens with zero attached hydrogens (tertiary/aromatic N) is 4. The van der Waals surface area contributed by atoms with Crippen molar-refractivity contribution in [3.8, 4) is 67.4 Å². The van der Waals surface area contributed by atoms with Crippen molar-refractivity contribution in [3.05, 3.63) is 189 Å². The monoisotopic (exact) mass is 616 g/mol. The van der Waals surface area contributed by atoms with E-state index in [4.69, 9.17) is 9.97 Å². The van der Waals surface area contributed by atoms with Crippen molar-refractivity contribution in [1.82, 2.24) is 15.0 Å². The van der Waals surface area contributed by atoms with Crippen molar-refractivity contribution >= 4 is 5.71 Å². The Morgan fingerprint density at radius 1 is 0.458 bits per heavy atom. The molecule has 4 nitrogen and oxygen atoms in total. The first-order chi connectivity index (χ1) is 23.7. The summed E-state index contributed by atoms with van der Waals surface area (Å²) in [4.78, 5) is 19.2. The summed E-state index contributed by atoms with van der Waals surface area (Å²) in [7, 11) is 0. The van der Waals surface area contributed by atoms with E-state index in [0.29, 0.717) is 5.82 Å². The highest BCUT2D eigenvalue weighted by Gasteiger charge is 2.14. The molecule has 0 radical (unpaired) electrons. The van der Waals surface area contributed by atoms with Crippen LogP contribution in [-0.2, 0) is 0 Å². The van der Waals surface area contributed by atoms with E-state index in [1.54, 1.807) is 6.08 Å². The summed E-state index contributed by atoms with van der Waals surface area (Å²) in [5, 5.41) is 0. The molecule has 7 rings (SSSR count). The number of allylic oxidation sites excluding steroid dienone is 1. The number of hydrogen-bond acceptors (Lipinski definition) is 4. The van der Waals surface area contributed by atoms with Crippen LogP contribution >= 0.6 is 0 Å². The molecular weight excluding hydrogens is 585 g/mol. The minimum Gasteiger partial charge on any atom is -0.257 e. The second-order valence-electron chi connectivity index (χ2n) is 11.3. The second kappa shape index (κ2) is 13.9. The largest absolute Gasteiger partial charge is 0.257 e. The van der Waals surface area contributed by atoms with Crippen LogP contribution in [0.3, 0.4) is 0 Å². The lowest BCUT2D eigenvalue weighted by Gasteiger charge is -2.13. The van der Waals surface area contributed by atoms with E-state index in [1.807, 2.05) is 60.8 Å². The van der Waals surface area contributed by atoms with Gasteiger partial charge in [0.1, 0.15) is 0 Å². The molecule has 0 bridgehead atoms. The van der Waals surface area contributed by atoms with Crippen LogP contribution in [-0.4, -0.2) is 20.7 Å². The molecule has 48 heavy (non-hydrogen) atoms. The first-order valence-electron chi connectivity index (χ1n) is 15.8. The maximum absolute atomic E-state index is 5.14. The lowest BCUT2D eigenvalue weighted by atomic mass is 9.94. The molecule has 0 atom stereocenters.